The van der Waals surface area contributed by atoms with Crippen molar-refractivity contribution in [2.75, 3.05) is 0 Å². The Morgan fingerprint density at radius 2 is 1.62 bits per heavy atom. The monoisotopic (exact) mass is 408 g/mol. The molecule has 0 spiro atoms. The molecule has 0 atom stereocenters. The highest BCUT2D eigenvalue weighted by molar-refractivity contribution is 6.31. The van der Waals surface area contributed by atoms with Gasteiger partial charge in [0.05, 0.1) is 5.69 Å². The summed E-state index contributed by atoms with van der Waals surface area (Å²) in [5.74, 6) is 1.99. The van der Waals surface area contributed by atoms with Crippen LogP contribution in [0.1, 0.15) is 5.56 Å². The van der Waals surface area contributed by atoms with Crippen LogP contribution in [0.5, 0.6) is 17.2 Å². The molecule has 0 aliphatic carbocycles. The van der Waals surface area contributed by atoms with Gasteiger partial charge in [-0.15, -0.1) is 0 Å². The molecule has 0 radical (unpaired) electrons. The number of nitrogens with zero attached hydrogens (tertiary/aromatic N) is 4. The van der Waals surface area contributed by atoms with E-state index in [4.69, 9.17) is 21.1 Å². The van der Waals surface area contributed by atoms with Crippen molar-refractivity contribution in [3.63, 3.8) is 0 Å². The Labute approximate surface area is 171 Å². The van der Waals surface area contributed by atoms with Crippen LogP contribution in [0.4, 0.5) is 0 Å². The first-order valence-corrected chi connectivity index (χ1v) is 9.22. The summed E-state index contributed by atoms with van der Waals surface area (Å²) in [7, 11) is 1.53. The molecular formula is C21H17ClN4O3. The van der Waals surface area contributed by atoms with E-state index >= 15 is 0 Å². The summed E-state index contributed by atoms with van der Waals surface area (Å²) in [5.41, 5.74) is 0.783. The zero-order valence-electron chi connectivity index (χ0n) is 15.5. The Kier molecular flexibility index (Phi) is 5.31. The molecule has 0 saturated carbocycles. The van der Waals surface area contributed by atoms with Crippen molar-refractivity contribution in [2.45, 2.75) is 6.61 Å². The quantitative estimate of drug-likeness (QED) is 0.482. The van der Waals surface area contributed by atoms with Crippen molar-refractivity contribution in [2.24, 2.45) is 7.05 Å². The van der Waals surface area contributed by atoms with Gasteiger partial charge in [0.2, 0.25) is 0 Å². The van der Waals surface area contributed by atoms with Gasteiger partial charge in [-0.25, -0.2) is 4.79 Å². The second-order valence-electron chi connectivity index (χ2n) is 6.21. The molecule has 0 saturated heterocycles. The minimum absolute atomic E-state index is 0.146. The molecule has 0 bridgehead atoms. The fourth-order valence-corrected chi connectivity index (χ4v) is 2.99. The van der Waals surface area contributed by atoms with Gasteiger partial charge in [0, 0.05) is 23.7 Å². The Morgan fingerprint density at radius 1 is 0.897 bits per heavy atom. The zero-order chi connectivity index (χ0) is 20.2. The molecule has 7 nitrogen and oxygen atoms in total. The second-order valence-corrected chi connectivity index (χ2v) is 6.62. The molecule has 0 amide bonds. The van der Waals surface area contributed by atoms with Crippen molar-refractivity contribution in [3.8, 4) is 22.9 Å². The number of tetrazole rings is 1. The van der Waals surface area contributed by atoms with Crippen molar-refractivity contribution in [1.29, 1.82) is 0 Å². The number of halogens is 1. The topological polar surface area (TPSA) is 71.2 Å². The number of aryl methyl sites for hydroxylation is 1. The molecule has 0 fully saturated rings. The molecule has 146 valence electrons. The number of benzene rings is 3. The van der Waals surface area contributed by atoms with Gasteiger partial charge < -0.3 is 9.47 Å². The van der Waals surface area contributed by atoms with Gasteiger partial charge in [0.1, 0.15) is 23.9 Å². The van der Waals surface area contributed by atoms with E-state index in [2.05, 4.69) is 10.4 Å². The van der Waals surface area contributed by atoms with E-state index in [1.807, 2.05) is 48.5 Å². The van der Waals surface area contributed by atoms with E-state index < -0.39 is 0 Å². The third-order valence-electron chi connectivity index (χ3n) is 4.21. The van der Waals surface area contributed by atoms with Crippen LogP contribution in [0.15, 0.2) is 77.6 Å². The molecule has 4 aromatic rings. The Bertz CT molecular complexity index is 1190. The van der Waals surface area contributed by atoms with Gasteiger partial charge >= 0.3 is 5.69 Å². The summed E-state index contributed by atoms with van der Waals surface area (Å²) in [6, 6.07) is 22.0. The molecule has 8 heteroatoms. The van der Waals surface area contributed by atoms with Gasteiger partial charge in [-0.1, -0.05) is 41.9 Å². The molecule has 1 aromatic heterocycles. The Hall–Kier alpha value is -3.58. The third-order valence-corrected chi connectivity index (χ3v) is 4.57. The lowest BCUT2D eigenvalue weighted by Gasteiger charge is -2.13. The smallest absolute Gasteiger partial charge is 0.368 e. The molecular weight excluding hydrogens is 392 g/mol. The number of aromatic nitrogens is 4. The van der Waals surface area contributed by atoms with Gasteiger partial charge in [-0.2, -0.15) is 9.36 Å². The largest absolute Gasteiger partial charge is 0.489 e. The van der Waals surface area contributed by atoms with Gasteiger partial charge in [-0.05, 0) is 46.8 Å². The molecule has 0 aliphatic rings. The molecule has 0 unspecified atom stereocenters. The summed E-state index contributed by atoms with van der Waals surface area (Å²) >= 11 is 6.37. The third kappa shape index (κ3) is 4.14. The maximum atomic E-state index is 12.2. The summed E-state index contributed by atoms with van der Waals surface area (Å²) in [5, 5.41) is 8.11. The molecule has 0 N–H and O–H groups in total. The van der Waals surface area contributed by atoms with Crippen molar-refractivity contribution in [1.82, 2.24) is 19.8 Å². The predicted octanol–water partition coefficient (Wildman–Crippen LogP) is 3.99. The number of hydrogen-bond acceptors (Lipinski definition) is 5. The van der Waals surface area contributed by atoms with Gasteiger partial charge in [-0.3, -0.25) is 0 Å². The first-order chi connectivity index (χ1) is 14.1. The molecule has 4 rings (SSSR count). The number of rotatable bonds is 6. The van der Waals surface area contributed by atoms with E-state index in [0.717, 1.165) is 10.4 Å². The SMILES string of the molecule is Cn1nnn(-c2cccc(Cl)c2COc2cccc(Oc3ccccc3)c2)c1=O. The lowest BCUT2D eigenvalue weighted by molar-refractivity contribution is 0.304. The predicted molar refractivity (Wildman–Crippen MR) is 109 cm³/mol. The standard InChI is InChI=1S/C21H17ClN4O3/c1-25-21(27)26(24-23-25)20-12-6-11-19(22)18(20)14-28-16-9-5-10-17(13-16)29-15-7-3-2-4-8-15/h2-13H,14H2,1H3. The molecule has 0 aliphatic heterocycles. The minimum Gasteiger partial charge on any atom is -0.489 e. The fraction of sp³-hybridized carbons (Fsp3) is 0.0952. The Morgan fingerprint density at radius 3 is 2.38 bits per heavy atom. The maximum Gasteiger partial charge on any atom is 0.368 e. The van der Waals surface area contributed by atoms with Crippen LogP contribution in [-0.4, -0.2) is 19.8 Å². The van der Waals surface area contributed by atoms with Crippen molar-refractivity contribution < 1.29 is 9.47 Å². The van der Waals surface area contributed by atoms with Crippen LogP contribution in [-0.2, 0) is 13.7 Å². The minimum atomic E-state index is -0.369. The van der Waals surface area contributed by atoms with E-state index in [1.54, 1.807) is 24.3 Å². The van der Waals surface area contributed by atoms with Gasteiger partial charge in [0.25, 0.3) is 0 Å². The first-order valence-electron chi connectivity index (χ1n) is 8.84. The van der Waals surface area contributed by atoms with E-state index in [0.29, 0.717) is 27.8 Å². The first kappa shape index (κ1) is 18.8. The van der Waals surface area contributed by atoms with Gasteiger partial charge in [0.15, 0.2) is 0 Å². The maximum absolute atomic E-state index is 12.2. The highest BCUT2D eigenvalue weighted by atomic mass is 35.5. The van der Waals surface area contributed by atoms with Crippen molar-refractivity contribution >= 4 is 11.6 Å². The van der Waals surface area contributed by atoms with Crippen molar-refractivity contribution in [3.05, 3.63) is 93.9 Å². The number of para-hydroxylation sites is 1. The highest BCUT2D eigenvalue weighted by Gasteiger charge is 2.14. The fourth-order valence-electron chi connectivity index (χ4n) is 2.76. The average Bonchev–Trinajstić information content (AvgIpc) is 3.06. The van der Waals surface area contributed by atoms with Crippen LogP contribution >= 0.6 is 11.6 Å². The Balaban J connectivity index is 1.56. The second kappa shape index (κ2) is 8.20. The molecule has 3 aromatic carbocycles. The lowest BCUT2D eigenvalue weighted by Crippen LogP contribution is -2.23. The lowest BCUT2D eigenvalue weighted by atomic mass is 10.2. The van der Waals surface area contributed by atoms with Crippen LogP contribution < -0.4 is 15.2 Å². The number of hydrogen-bond donors (Lipinski definition) is 0. The molecule has 29 heavy (non-hydrogen) atoms. The van der Waals surface area contributed by atoms with Crippen LogP contribution in [0, 0.1) is 0 Å². The average molecular weight is 409 g/mol. The normalized spacial score (nSPS) is 10.7. The van der Waals surface area contributed by atoms with Crippen LogP contribution in [0.25, 0.3) is 5.69 Å². The highest BCUT2D eigenvalue weighted by Crippen LogP contribution is 2.27. The van der Waals surface area contributed by atoms with Crippen LogP contribution in [0.2, 0.25) is 5.02 Å². The van der Waals surface area contributed by atoms with E-state index in [1.165, 1.54) is 11.7 Å². The summed E-state index contributed by atoms with van der Waals surface area (Å²) in [6.45, 7) is 0.146. The zero-order valence-corrected chi connectivity index (χ0v) is 16.3. The summed E-state index contributed by atoms with van der Waals surface area (Å²) < 4.78 is 14.1. The summed E-state index contributed by atoms with van der Waals surface area (Å²) in [6.07, 6.45) is 0. The van der Waals surface area contributed by atoms with Crippen LogP contribution in [0.3, 0.4) is 0 Å². The van der Waals surface area contributed by atoms with E-state index in [9.17, 15) is 4.79 Å². The van der Waals surface area contributed by atoms with E-state index in [-0.39, 0.29) is 12.3 Å². The number of ether oxygens (including phenoxy) is 2. The molecule has 1 heterocycles. The summed E-state index contributed by atoms with van der Waals surface area (Å²) in [4.78, 5) is 12.2.